The van der Waals surface area contributed by atoms with Gasteiger partial charge in [-0.05, 0) is 79.2 Å². The van der Waals surface area contributed by atoms with Gasteiger partial charge in [-0.3, -0.25) is 4.90 Å². The summed E-state index contributed by atoms with van der Waals surface area (Å²) in [6.07, 6.45) is 6.12. The maximum Gasteiger partial charge on any atom is 0.346 e. The summed E-state index contributed by atoms with van der Waals surface area (Å²) in [6.45, 7) is 9.52. The van der Waals surface area contributed by atoms with E-state index >= 15 is 0 Å². The van der Waals surface area contributed by atoms with E-state index in [0.29, 0.717) is 17.4 Å². The molecule has 0 spiro atoms. The number of nitrogens with zero attached hydrogens (tertiary/aromatic N) is 1. The molecule has 1 saturated heterocycles. The number of thiophene rings is 1. The predicted molar refractivity (Wildman–Crippen MR) is 128 cm³/mol. The average molecular weight is 545 g/mol. The number of halogens is 1. The third-order valence-electron chi connectivity index (χ3n) is 6.73. The summed E-state index contributed by atoms with van der Waals surface area (Å²) in [7, 11) is 0. The van der Waals surface area contributed by atoms with Gasteiger partial charge >= 0.3 is 5.97 Å². The summed E-state index contributed by atoms with van der Waals surface area (Å²) in [5, 5.41) is 9.83. The number of carboxylic acids is 1. The van der Waals surface area contributed by atoms with Crippen LogP contribution in [0.2, 0.25) is 0 Å². The molecule has 2 aliphatic heterocycles. The largest absolute Gasteiger partial charge is 0.477 e. The van der Waals surface area contributed by atoms with Crippen molar-refractivity contribution in [2.24, 2.45) is 11.8 Å². The third-order valence-corrected chi connectivity index (χ3v) is 8.61. The van der Waals surface area contributed by atoms with Crippen LogP contribution in [-0.2, 0) is 9.47 Å². The Morgan fingerprint density at radius 2 is 2.07 bits per heavy atom. The van der Waals surface area contributed by atoms with E-state index in [0.717, 1.165) is 40.4 Å². The zero-order valence-electron chi connectivity index (χ0n) is 18.1. The minimum atomic E-state index is -0.812. The highest BCUT2D eigenvalue weighted by Crippen LogP contribution is 2.42. The van der Waals surface area contributed by atoms with E-state index < -0.39 is 11.8 Å². The van der Waals surface area contributed by atoms with Gasteiger partial charge in [0.25, 0.3) is 0 Å². The molecule has 1 aliphatic carbocycles. The van der Waals surface area contributed by atoms with Crippen molar-refractivity contribution in [3.63, 3.8) is 0 Å². The molecule has 0 amide bonds. The minimum Gasteiger partial charge on any atom is -0.477 e. The molecule has 3 heterocycles. The molecular weight excluding hydrogens is 513 g/mol. The first kappa shape index (κ1) is 22.7. The molecule has 0 radical (unpaired) electrons. The van der Waals surface area contributed by atoms with Crippen LogP contribution in [0.5, 0.6) is 0 Å². The first-order valence-electron chi connectivity index (χ1n) is 11.0. The van der Waals surface area contributed by atoms with Gasteiger partial charge < -0.3 is 14.6 Å². The average Bonchev–Trinajstić information content (AvgIpc) is 3.24. The Labute approximate surface area is 197 Å². The van der Waals surface area contributed by atoms with E-state index in [2.05, 4.69) is 40.5 Å². The van der Waals surface area contributed by atoms with Crippen LogP contribution in [0, 0.1) is 14.7 Å². The lowest BCUT2D eigenvalue weighted by molar-refractivity contribution is -0.140. The number of aromatic carboxylic acids is 1. The van der Waals surface area contributed by atoms with Gasteiger partial charge in [-0.1, -0.05) is 25.3 Å². The molecule has 1 N–H and O–H groups in total. The van der Waals surface area contributed by atoms with Gasteiger partial charge in [-0.2, -0.15) is 0 Å². The quantitative estimate of drug-likeness (QED) is 0.497. The lowest BCUT2D eigenvalue weighted by Crippen LogP contribution is -2.39. The number of ether oxygens (including phenoxy) is 2. The SMILES string of the molecule is CC1CCC(C2=C(c3cc(I)sc3C(=O)O)CN(CC3COC(C)(C)O3)CC2)CC1. The highest BCUT2D eigenvalue weighted by Gasteiger charge is 2.36. The molecular formula is C23H32INO4S. The van der Waals surface area contributed by atoms with Crippen LogP contribution in [0.15, 0.2) is 11.6 Å². The Morgan fingerprint density at radius 3 is 2.70 bits per heavy atom. The fourth-order valence-electron chi connectivity index (χ4n) is 5.19. The van der Waals surface area contributed by atoms with Crippen molar-refractivity contribution >= 4 is 45.5 Å². The number of rotatable bonds is 5. The molecule has 5 nitrogen and oxygen atoms in total. The van der Waals surface area contributed by atoms with Crippen LogP contribution in [0.4, 0.5) is 0 Å². The smallest absolute Gasteiger partial charge is 0.346 e. The van der Waals surface area contributed by atoms with Gasteiger partial charge in [0.05, 0.1) is 15.6 Å². The second-order valence-corrected chi connectivity index (χ2v) is 12.4. The van der Waals surface area contributed by atoms with Crippen LogP contribution in [0.1, 0.15) is 68.1 Å². The Morgan fingerprint density at radius 1 is 1.33 bits per heavy atom. The molecule has 7 heteroatoms. The number of carboxylic acid groups (broad SMARTS) is 1. The van der Waals surface area contributed by atoms with Crippen molar-refractivity contribution in [2.75, 3.05) is 26.2 Å². The van der Waals surface area contributed by atoms with Crippen LogP contribution in [-0.4, -0.2) is 54.1 Å². The molecule has 1 aromatic rings. The highest BCUT2D eigenvalue weighted by atomic mass is 127. The Bertz CT molecular complexity index is 825. The van der Waals surface area contributed by atoms with Gasteiger partial charge in [-0.25, -0.2) is 4.79 Å². The Balaban J connectivity index is 1.61. The lowest BCUT2D eigenvalue weighted by atomic mass is 9.75. The van der Waals surface area contributed by atoms with Crippen molar-refractivity contribution < 1.29 is 19.4 Å². The number of carbonyl (C=O) groups is 1. The minimum absolute atomic E-state index is 0.0693. The van der Waals surface area contributed by atoms with E-state index in [9.17, 15) is 9.90 Å². The molecule has 1 aromatic heterocycles. The van der Waals surface area contributed by atoms with Crippen molar-refractivity contribution in [3.8, 4) is 0 Å². The van der Waals surface area contributed by atoms with Crippen LogP contribution in [0.25, 0.3) is 5.57 Å². The molecule has 30 heavy (non-hydrogen) atoms. The maximum absolute atomic E-state index is 12.0. The first-order chi connectivity index (χ1) is 14.2. The Kier molecular flexibility index (Phi) is 6.94. The predicted octanol–water partition coefficient (Wildman–Crippen LogP) is 5.49. The third kappa shape index (κ3) is 5.11. The van der Waals surface area contributed by atoms with Gasteiger partial charge in [-0.15, -0.1) is 11.3 Å². The fraction of sp³-hybridized carbons (Fsp3) is 0.696. The summed E-state index contributed by atoms with van der Waals surface area (Å²) < 4.78 is 12.8. The summed E-state index contributed by atoms with van der Waals surface area (Å²) in [4.78, 5) is 14.9. The van der Waals surface area contributed by atoms with E-state index in [1.807, 2.05) is 13.8 Å². The Hall–Kier alpha value is -0.480. The van der Waals surface area contributed by atoms with E-state index in [1.54, 1.807) is 0 Å². The van der Waals surface area contributed by atoms with Crippen molar-refractivity contribution in [1.82, 2.24) is 4.90 Å². The molecule has 3 aliphatic rings. The van der Waals surface area contributed by atoms with Crippen LogP contribution >= 0.6 is 33.9 Å². The normalized spacial score (nSPS) is 30.1. The monoisotopic (exact) mass is 545 g/mol. The molecule has 1 saturated carbocycles. The second-order valence-electron chi connectivity index (χ2n) is 9.49. The molecule has 4 rings (SSSR count). The van der Waals surface area contributed by atoms with Gasteiger partial charge in [0.2, 0.25) is 0 Å². The zero-order chi connectivity index (χ0) is 21.5. The van der Waals surface area contributed by atoms with Gasteiger partial charge in [0, 0.05) is 25.2 Å². The second kappa shape index (κ2) is 9.17. The van der Waals surface area contributed by atoms with E-state index in [1.165, 1.54) is 48.2 Å². The molecule has 1 atom stereocenters. The van der Waals surface area contributed by atoms with Crippen molar-refractivity contribution in [1.29, 1.82) is 0 Å². The summed E-state index contributed by atoms with van der Waals surface area (Å²) in [6, 6.07) is 2.08. The molecule has 1 unspecified atom stereocenters. The van der Waals surface area contributed by atoms with Crippen LogP contribution < -0.4 is 0 Å². The first-order valence-corrected chi connectivity index (χ1v) is 12.9. The lowest BCUT2D eigenvalue weighted by Gasteiger charge is -2.37. The molecule has 0 bridgehead atoms. The fourth-order valence-corrected chi connectivity index (χ4v) is 6.91. The van der Waals surface area contributed by atoms with Gasteiger partial charge in [0.15, 0.2) is 5.79 Å². The van der Waals surface area contributed by atoms with Crippen molar-refractivity contribution in [2.45, 2.75) is 64.8 Å². The summed E-state index contributed by atoms with van der Waals surface area (Å²) >= 11 is 3.64. The molecule has 166 valence electrons. The zero-order valence-corrected chi connectivity index (χ0v) is 21.1. The van der Waals surface area contributed by atoms with Crippen LogP contribution in [0.3, 0.4) is 0 Å². The summed E-state index contributed by atoms with van der Waals surface area (Å²) in [5.74, 6) is 0.0872. The maximum atomic E-state index is 12.0. The summed E-state index contributed by atoms with van der Waals surface area (Å²) in [5.41, 5.74) is 3.72. The topological polar surface area (TPSA) is 59.0 Å². The standard InChI is InChI=1S/C23H32INO4S/c1-14-4-6-15(7-5-14)17-8-9-25(11-16-13-28-23(2,3)29-16)12-19(17)18-10-20(24)30-21(18)22(26)27/h10,14-16H,4-9,11-13H2,1-3H3,(H,26,27). The molecule has 0 aromatic carbocycles. The number of hydrogen-bond acceptors (Lipinski definition) is 5. The van der Waals surface area contributed by atoms with E-state index in [-0.39, 0.29) is 6.10 Å². The number of hydrogen-bond donors (Lipinski definition) is 1. The van der Waals surface area contributed by atoms with Crippen molar-refractivity contribution in [3.05, 3.63) is 25.0 Å². The molecule has 2 fully saturated rings. The van der Waals surface area contributed by atoms with E-state index in [4.69, 9.17) is 9.47 Å². The van der Waals surface area contributed by atoms with Gasteiger partial charge in [0.1, 0.15) is 4.88 Å². The highest BCUT2D eigenvalue weighted by molar-refractivity contribution is 14.1.